The number of anilines is 1. The van der Waals surface area contributed by atoms with Crippen molar-refractivity contribution in [2.45, 2.75) is 6.54 Å². The molecule has 6 rings (SSSR count). The molecule has 232 valence electrons. The average molecular weight is 640 g/mol. The van der Waals surface area contributed by atoms with Gasteiger partial charge in [0.15, 0.2) is 23.9 Å². The predicted octanol–water partition coefficient (Wildman–Crippen LogP) is 5.60. The number of nitrogens with one attached hydrogen (secondary N) is 1. The third kappa shape index (κ3) is 5.50. The maximum Gasteiger partial charge on any atom is 0.279 e. The van der Waals surface area contributed by atoms with Crippen molar-refractivity contribution in [2.24, 2.45) is 0 Å². The number of carbonyl (C=O) groups excluding carboxylic acids is 2. The highest BCUT2D eigenvalue weighted by atomic mass is 32.2. The van der Waals surface area contributed by atoms with Crippen LogP contribution in [0, 0.1) is 12.4 Å². The smallest absolute Gasteiger partial charge is 0.279 e. The van der Waals surface area contributed by atoms with Gasteiger partial charge in [-0.2, -0.15) is 0 Å². The number of ether oxygens (including phenoxy) is 1. The molecular weight excluding hydrogens is 613 g/mol. The molecule has 0 bridgehead atoms. The zero-order chi connectivity index (χ0) is 32.7. The van der Waals surface area contributed by atoms with E-state index in [1.807, 2.05) is 0 Å². The van der Waals surface area contributed by atoms with E-state index in [1.165, 1.54) is 49.3 Å². The first kappa shape index (κ1) is 30.3. The van der Waals surface area contributed by atoms with Crippen LogP contribution in [-0.4, -0.2) is 57.2 Å². The number of rotatable bonds is 7. The zero-order valence-electron chi connectivity index (χ0n) is 24.9. The first-order valence-electron chi connectivity index (χ1n) is 13.9. The molecule has 0 aliphatic carbocycles. The molecule has 46 heavy (non-hydrogen) atoms. The van der Waals surface area contributed by atoms with Crippen molar-refractivity contribution in [3.8, 4) is 28.3 Å². The number of furan rings is 1. The number of pyridine rings is 1. The standard InChI is InChI=1S/C33H26FN5O6S/c1-35-22-11-5-19(6-12-22)17-39-18-44-27-14-13-25(37-30(27)33(39)41)23-15-24-28(16-26(23)38(3)46(4,42)43)45-31(29(24)32(40)36-2)20-7-9-21(34)10-8-20/h5-16H,17-18H2,2-4H3,(H,36,40). The summed E-state index contributed by atoms with van der Waals surface area (Å²) in [6, 6.07) is 18.6. The number of hydrogen-bond acceptors (Lipinski definition) is 7. The van der Waals surface area contributed by atoms with Gasteiger partial charge in [0.2, 0.25) is 10.0 Å². The minimum absolute atomic E-state index is 0.0118. The molecule has 1 N–H and O–H groups in total. The Hall–Kier alpha value is -5.74. The Balaban J connectivity index is 1.50. The largest absolute Gasteiger partial charge is 0.471 e. The summed E-state index contributed by atoms with van der Waals surface area (Å²) < 4.78 is 52.2. The van der Waals surface area contributed by atoms with Gasteiger partial charge in [0, 0.05) is 43.2 Å². The average Bonchev–Trinajstić information content (AvgIpc) is 3.43. The van der Waals surface area contributed by atoms with Crippen LogP contribution in [0.4, 0.5) is 15.8 Å². The number of halogens is 1. The van der Waals surface area contributed by atoms with Gasteiger partial charge in [0.05, 0.1) is 29.8 Å². The summed E-state index contributed by atoms with van der Waals surface area (Å²) in [7, 11) is -0.954. The molecule has 5 aromatic rings. The molecule has 0 saturated heterocycles. The Labute approximate surface area is 263 Å². The van der Waals surface area contributed by atoms with Gasteiger partial charge in [-0.25, -0.2) is 22.6 Å². The predicted molar refractivity (Wildman–Crippen MR) is 170 cm³/mol. The lowest BCUT2D eigenvalue weighted by atomic mass is 10.0. The third-order valence-electron chi connectivity index (χ3n) is 7.64. The number of sulfonamides is 1. The Bertz CT molecular complexity index is 2170. The fraction of sp³-hybridized carbons (Fsp3) is 0.152. The molecule has 13 heteroatoms. The molecular formula is C33H26FN5O6S. The number of aromatic nitrogens is 1. The molecule has 0 spiro atoms. The second-order valence-corrected chi connectivity index (χ2v) is 12.6. The van der Waals surface area contributed by atoms with E-state index in [-0.39, 0.29) is 53.0 Å². The SMILES string of the molecule is [C-]#[N+]c1ccc(CN2COc3ccc(-c4cc5c(C(=O)NC)c(-c6ccc(F)cc6)oc5cc4N(C)S(C)(=O)=O)nc3C2=O)cc1. The van der Waals surface area contributed by atoms with Crippen molar-refractivity contribution in [1.82, 2.24) is 15.2 Å². The first-order valence-corrected chi connectivity index (χ1v) is 15.8. The van der Waals surface area contributed by atoms with E-state index in [0.29, 0.717) is 22.2 Å². The van der Waals surface area contributed by atoms with Crippen LogP contribution in [-0.2, 0) is 16.6 Å². The lowest BCUT2D eigenvalue weighted by molar-refractivity contribution is 0.0488. The van der Waals surface area contributed by atoms with E-state index in [2.05, 4.69) is 15.1 Å². The summed E-state index contributed by atoms with van der Waals surface area (Å²) in [6.45, 7) is 7.34. The van der Waals surface area contributed by atoms with Gasteiger partial charge in [0.25, 0.3) is 11.8 Å². The van der Waals surface area contributed by atoms with E-state index in [0.717, 1.165) is 16.1 Å². The molecule has 3 heterocycles. The van der Waals surface area contributed by atoms with Crippen LogP contribution in [0.3, 0.4) is 0 Å². The molecule has 0 atom stereocenters. The molecule has 0 fully saturated rings. The van der Waals surface area contributed by atoms with E-state index in [9.17, 15) is 22.4 Å². The van der Waals surface area contributed by atoms with Crippen molar-refractivity contribution in [2.75, 3.05) is 31.4 Å². The van der Waals surface area contributed by atoms with E-state index >= 15 is 0 Å². The Morgan fingerprint density at radius 3 is 2.48 bits per heavy atom. The molecule has 3 aromatic carbocycles. The molecule has 0 unspecified atom stereocenters. The fourth-order valence-electron chi connectivity index (χ4n) is 5.17. The number of benzene rings is 3. The van der Waals surface area contributed by atoms with Gasteiger partial charge >= 0.3 is 0 Å². The van der Waals surface area contributed by atoms with Gasteiger partial charge in [0.1, 0.15) is 17.2 Å². The van der Waals surface area contributed by atoms with Gasteiger partial charge in [-0.3, -0.25) is 18.8 Å². The summed E-state index contributed by atoms with van der Waals surface area (Å²) in [4.78, 5) is 36.3. The summed E-state index contributed by atoms with van der Waals surface area (Å²) in [5.74, 6) is -0.907. The fourth-order valence-corrected chi connectivity index (χ4v) is 5.68. The Morgan fingerprint density at radius 1 is 1.11 bits per heavy atom. The highest BCUT2D eigenvalue weighted by molar-refractivity contribution is 7.92. The molecule has 2 amide bonds. The number of fused-ring (bicyclic) bond motifs is 2. The molecule has 1 aliphatic heterocycles. The van der Waals surface area contributed by atoms with Crippen molar-refractivity contribution in [1.29, 1.82) is 0 Å². The van der Waals surface area contributed by atoms with Crippen molar-refractivity contribution >= 4 is 44.2 Å². The second-order valence-electron chi connectivity index (χ2n) is 10.6. The molecule has 1 aliphatic rings. The summed E-state index contributed by atoms with van der Waals surface area (Å²) in [5.41, 5.74) is 2.85. The van der Waals surface area contributed by atoms with Crippen molar-refractivity contribution in [3.63, 3.8) is 0 Å². The van der Waals surface area contributed by atoms with E-state index < -0.39 is 27.7 Å². The lowest BCUT2D eigenvalue weighted by Gasteiger charge is -2.28. The van der Waals surface area contributed by atoms with E-state index in [1.54, 1.807) is 42.5 Å². The summed E-state index contributed by atoms with van der Waals surface area (Å²) >= 11 is 0. The highest BCUT2D eigenvalue weighted by Crippen LogP contribution is 2.41. The van der Waals surface area contributed by atoms with Crippen LogP contribution in [0.1, 0.15) is 26.4 Å². The van der Waals surface area contributed by atoms with Gasteiger partial charge in [-0.1, -0.05) is 24.3 Å². The summed E-state index contributed by atoms with van der Waals surface area (Å²) in [6.07, 6.45) is 1.04. The molecule has 0 radical (unpaired) electrons. The Morgan fingerprint density at radius 2 is 1.83 bits per heavy atom. The number of hydrogen-bond donors (Lipinski definition) is 1. The molecule has 11 nitrogen and oxygen atoms in total. The van der Waals surface area contributed by atoms with Gasteiger partial charge < -0.3 is 14.5 Å². The van der Waals surface area contributed by atoms with Gasteiger partial charge in [-0.05, 0) is 48.0 Å². The molecule has 2 aromatic heterocycles. The number of nitrogens with zero attached hydrogens (tertiary/aromatic N) is 4. The maximum absolute atomic E-state index is 13.7. The first-order chi connectivity index (χ1) is 22.0. The minimum Gasteiger partial charge on any atom is -0.471 e. The third-order valence-corrected chi connectivity index (χ3v) is 8.83. The van der Waals surface area contributed by atoms with Crippen LogP contribution < -0.4 is 14.4 Å². The minimum atomic E-state index is -3.79. The topological polar surface area (TPSA) is 126 Å². The van der Waals surface area contributed by atoms with Crippen LogP contribution in [0.25, 0.3) is 38.4 Å². The maximum atomic E-state index is 13.7. The number of amides is 2. The quantitative estimate of drug-likeness (QED) is 0.230. The van der Waals surface area contributed by atoms with Gasteiger partial charge in [-0.15, -0.1) is 0 Å². The van der Waals surface area contributed by atoms with Crippen LogP contribution in [0.5, 0.6) is 5.75 Å². The highest BCUT2D eigenvalue weighted by Gasteiger charge is 2.30. The van der Waals surface area contributed by atoms with E-state index in [4.69, 9.17) is 15.7 Å². The summed E-state index contributed by atoms with van der Waals surface area (Å²) in [5, 5.41) is 2.96. The number of carbonyl (C=O) groups is 2. The monoisotopic (exact) mass is 639 g/mol. The van der Waals surface area contributed by atoms with Crippen molar-refractivity contribution in [3.05, 3.63) is 107 Å². The van der Waals surface area contributed by atoms with Crippen LogP contribution in [0.15, 0.2) is 77.2 Å². The molecule has 0 saturated carbocycles. The lowest BCUT2D eigenvalue weighted by Crippen LogP contribution is -2.38. The van der Waals surface area contributed by atoms with Crippen molar-refractivity contribution < 1.29 is 31.6 Å². The normalized spacial score (nSPS) is 12.8. The second kappa shape index (κ2) is 11.6. The van der Waals surface area contributed by atoms with Crippen LogP contribution in [0.2, 0.25) is 0 Å². The van der Waals surface area contributed by atoms with Crippen LogP contribution >= 0.6 is 0 Å². The zero-order valence-corrected chi connectivity index (χ0v) is 25.7. The Kier molecular flexibility index (Phi) is 7.67.